The Bertz CT molecular complexity index is 833. The lowest BCUT2D eigenvalue weighted by Gasteiger charge is -2.07. The van der Waals surface area contributed by atoms with Gasteiger partial charge in [0, 0.05) is 12.8 Å². The van der Waals surface area contributed by atoms with Crippen molar-refractivity contribution in [2.75, 3.05) is 6.26 Å². The molecule has 0 fully saturated rings. The Morgan fingerprint density at radius 3 is 2.12 bits per heavy atom. The van der Waals surface area contributed by atoms with Crippen molar-refractivity contribution in [1.82, 2.24) is 5.32 Å². The normalized spacial score (nSPS) is 11.3. The fraction of sp³-hybridized carbons (Fsp3) is 0.235. The number of benzene rings is 2. The van der Waals surface area contributed by atoms with Crippen LogP contribution in [-0.2, 0) is 33.4 Å². The lowest BCUT2D eigenvalue weighted by molar-refractivity contribution is -0.120. The highest BCUT2D eigenvalue weighted by molar-refractivity contribution is 7.89. The van der Waals surface area contributed by atoms with E-state index in [1.54, 1.807) is 42.5 Å². The smallest absolute Gasteiger partial charge is 0.224 e. The lowest BCUT2D eigenvalue weighted by Crippen LogP contribution is -2.24. The first-order valence-electron chi connectivity index (χ1n) is 7.19. The van der Waals surface area contributed by atoms with Crippen molar-refractivity contribution in [2.45, 2.75) is 18.7 Å². The van der Waals surface area contributed by atoms with Crippen LogP contribution in [0.5, 0.6) is 0 Å². The second-order valence-electron chi connectivity index (χ2n) is 5.59. The van der Waals surface area contributed by atoms with Crippen LogP contribution in [0, 0.1) is 0 Å². The van der Waals surface area contributed by atoms with Crippen molar-refractivity contribution < 1.29 is 13.2 Å². The van der Waals surface area contributed by atoms with Gasteiger partial charge in [0.05, 0.1) is 22.2 Å². The van der Waals surface area contributed by atoms with E-state index in [4.69, 9.17) is 23.2 Å². The van der Waals surface area contributed by atoms with Crippen molar-refractivity contribution >= 4 is 38.9 Å². The number of amides is 1. The van der Waals surface area contributed by atoms with Crippen LogP contribution < -0.4 is 5.32 Å². The van der Waals surface area contributed by atoms with Gasteiger partial charge in [-0.15, -0.1) is 0 Å². The minimum atomic E-state index is -3.05. The summed E-state index contributed by atoms with van der Waals surface area (Å²) in [6.07, 6.45) is 1.41. The monoisotopic (exact) mass is 385 g/mol. The largest absolute Gasteiger partial charge is 0.352 e. The maximum Gasteiger partial charge on any atom is 0.224 e. The minimum Gasteiger partial charge on any atom is -0.352 e. The lowest BCUT2D eigenvalue weighted by atomic mass is 10.1. The maximum atomic E-state index is 12.0. The molecule has 0 saturated carbocycles. The second kappa shape index (κ2) is 8.01. The van der Waals surface area contributed by atoms with Crippen LogP contribution in [0.3, 0.4) is 0 Å². The van der Waals surface area contributed by atoms with Crippen molar-refractivity contribution in [3.05, 3.63) is 69.2 Å². The van der Waals surface area contributed by atoms with Gasteiger partial charge in [0.15, 0.2) is 9.84 Å². The Morgan fingerprint density at radius 1 is 0.958 bits per heavy atom. The van der Waals surface area contributed by atoms with Crippen LogP contribution in [0.2, 0.25) is 10.0 Å². The standard InChI is InChI=1S/C17H17Cl2NO3S/c1-24(22,23)11-13-4-2-12(3-5-13)10-20-17(21)9-14-6-7-15(18)16(19)8-14/h2-8H,9-11H2,1H3,(H,20,21). The van der Waals surface area contributed by atoms with Crippen LogP contribution in [0.25, 0.3) is 0 Å². The molecule has 0 aliphatic heterocycles. The number of rotatable bonds is 6. The molecule has 2 rings (SSSR count). The summed E-state index contributed by atoms with van der Waals surface area (Å²) < 4.78 is 22.5. The molecule has 0 aromatic heterocycles. The van der Waals surface area contributed by atoms with Crippen molar-refractivity contribution in [3.63, 3.8) is 0 Å². The molecule has 0 aliphatic carbocycles. The average Bonchev–Trinajstić information content (AvgIpc) is 2.49. The Morgan fingerprint density at radius 2 is 1.54 bits per heavy atom. The van der Waals surface area contributed by atoms with Crippen LogP contribution in [0.15, 0.2) is 42.5 Å². The number of sulfone groups is 1. The Balaban J connectivity index is 1.88. The first-order chi connectivity index (χ1) is 11.2. The number of carbonyl (C=O) groups is 1. The topological polar surface area (TPSA) is 63.2 Å². The van der Waals surface area contributed by atoms with E-state index in [0.717, 1.165) is 16.7 Å². The molecule has 0 spiro atoms. The third-order valence-electron chi connectivity index (χ3n) is 3.29. The first kappa shape index (κ1) is 18.8. The number of hydrogen-bond donors (Lipinski definition) is 1. The van der Waals surface area contributed by atoms with Gasteiger partial charge in [0.1, 0.15) is 0 Å². The van der Waals surface area contributed by atoms with Gasteiger partial charge in [-0.1, -0.05) is 53.5 Å². The zero-order valence-electron chi connectivity index (χ0n) is 13.1. The molecule has 2 aromatic carbocycles. The maximum absolute atomic E-state index is 12.0. The minimum absolute atomic E-state index is 0.0109. The summed E-state index contributed by atoms with van der Waals surface area (Å²) in [6.45, 7) is 0.374. The van der Waals surface area contributed by atoms with E-state index < -0.39 is 9.84 Å². The van der Waals surface area contributed by atoms with Crippen LogP contribution in [0.1, 0.15) is 16.7 Å². The third-order valence-corrected chi connectivity index (χ3v) is 4.89. The molecule has 0 bridgehead atoms. The molecule has 0 radical (unpaired) electrons. The van der Waals surface area contributed by atoms with Gasteiger partial charge in [-0.05, 0) is 28.8 Å². The van der Waals surface area contributed by atoms with E-state index in [1.807, 2.05) is 0 Å². The summed E-state index contributed by atoms with van der Waals surface area (Å²) in [5.41, 5.74) is 2.41. The SMILES string of the molecule is CS(=O)(=O)Cc1ccc(CNC(=O)Cc2ccc(Cl)c(Cl)c2)cc1. The molecular weight excluding hydrogens is 369 g/mol. The van der Waals surface area contributed by atoms with Gasteiger partial charge < -0.3 is 5.32 Å². The van der Waals surface area contributed by atoms with E-state index in [1.165, 1.54) is 6.26 Å². The molecule has 4 nitrogen and oxygen atoms in total. The Kier molecular flexibility index (Phi) is 6.27. The number of halogens is 2. The number of hydrogen-bond acceptors (Lipinski definition) is 3. The molecule has 24 heavy (non-hydrogen) atoms. The fourth-order valence-corrected chi connectivity index (χ4v) is 3.27. The molecule has 2 aromatic rings. The first-order valence-corrected chi connectivity index (χ1v) is 10.0. The van der Waals surface area contributed by atoms with Gasteiger partial charge in [0.25, 0.3) is 0 Å². The van der Waals surface area contributed by atoms with Gasteiger partial charge in [-0.3, -0.25) is 4.79 Å². The summed E-state index contributed by atoms with van der Waals surface area (Å²) >= 11 is 11.8. The highest BCUT2D eigenvalue weighted by atomic mass is 35.5. The van der Waals surface area contributed by atoms with Gasteiger partial charge in [-0.25, -0.2) is 8.42 Å². The van der Waals surface area contributed by atoms with Crippen molar-refractivity contribution in [2.24, 2.45) is 0 Å². The molecule has 1 amide bonds. The predicted octanol–water partition coefficient (Wildman–Crippen LogP) is 3.40. The summed E-state index contributed by atoms with van der Waals surface area (Å²) in [4.78, 5) is 12.0. The summed E-state index contributed by atoms with van der Waals surface area (Å²) in [6, 6.07) is 12.2. The third kappa shape index (κ3) is 6.15. The zero-order chi connectivity index (χ0) is 17.7. The van der Waals surface area contributed by atoms with Crippen molar-refractivity contribution in [1.29, 1.82) is 0 Å². The van der Waals surface area contributed by atoms with Crippen LogP contribution in [0.4, 0.5) is 0 Å². The molecular formula is C17H17Cl2NO3S. The van der Waals surface area contributed by atoms with E-state index in [0.29, 0.717) is 16.6 Å². The molecule has 128 valence electrons. The Hall–Kier alpha value is -1.56. The highest BCUT2D eigenvalue weighted by Crippen LogP contribution is 2.22. The molecule has 0 unspecified atom stereocenters. The molecule has 0 heterocycles. The summed E-state index contributed by atoms with van der Waals surface area (Å²) in [7, 11) is -3.05. The predicted molar refractivity (Wildman–Crippen MR) is 97.0 cm³/mol. The molecule has 7 heteroatoms. The second-order valence-corrected chi connectivity index (χ2v) is 8.54. The molecule has 0 aliphatic rings. The number of carbonyl (C=O) groups excluding carboxylic acids is 1. The van der Waals surface area contributed by atoms with Crippen LogP contribution in [-0.4, -0.2) is 20.6 Å². The highest BCUT2D eigenvalue weighted by Gasteiger charge is 2.07. The molecule has 1 N–H and O–H groups in total. The molecule has 0 saturated heterocycles. The fourth-order valence-electron chi connectivity index (χ4n) is 2.15. The zero-order valence-corrected chi connectivity index (χ0v) is 15.4. The van der Waals surface area contributed by atoms with E-state index in [9.17, 15) is 13.2 Å². The van der Waals surface area contributed by atoms with E-state index >= 15 is 0 Å². The van der Waals surface area contributed by atoms with Gasteiger partial charge >= 0.3 is 0 Å². The summed E-state index contributed by atoms with van der Waals surface area (Å²) in [5, 5.41) is 3.69. The van der Waals surface area contributed by atoms with Gasteiger partial charge in [0.2, 0.25) is 5.91 Å². The van der Waals surface area contributed by atoms with Crippen molar-refractivity contribution in [3.8, 4) is 0 Å². The van der Waals surface area contributed by atoms with E-state index in [2.05, 4.69) is 5.32 Å². The quantitative estimate of drug-likeness (QED) is 0.828. The van der Waals surface area contributed by atoms with Gasteiger partial charge in [-0.2, -0.15) is 0 Å². The van der Waals surface area contributed by atoms with Crippen LogP contribution >= 0.6 is 23.2 Å². The average molecular weight is 386 g/mol. The Labute approximate surface area is 151 Å². The van der Waals surface area contributed by atoms with E-state index in [-0.39, 0.29) is 18.1 Å². The molecule has 0 atom stereocenters. The summed E-state index contributed by atoms with van der Waals surface area (Å²) in [5.74, 6) is -0.120. The number of nitrogens with one attached hydrogen (secondary N) is 1.